The Morgan fingerprint density at radius 2 is 2.11 bits per heavy atom. The Kier molecular flexibility index (Phi) is 5.44. The Balaban J connectivity index is 2.62. The van der Waals surface area contributed by atoms with Crippen LogP contribution >= 0.6 is 0 Å². The molecule has 18 heavy (non-hydrogen) atoms. The standard InChI is InChI=1S/C13H24N2O3/c1-4-10-5-6-15(11(7-10)12(16)17)13(18)14-8-9(2)3/h9-11H,4-8H2,1-3H3,(H,14,18)(H,16,17). The molecule has 1 heterocycles. The Bertz CT molecular complexity index is 305. The number of aliphatic carboxylic acids is 1. The van der Waals surface area contributed by atoms with Crippen molar-refractivity contribution < 1.29 is 14.7 Å². The lowest BCUT2D eigenvalue weighted by Gasteiger charge is -2.37. The van der Waals surface area contributed by atoms with Crippen LogP contribution in [0.25, 0.3) is 0 Å². The molecule has 0 saturated carbocycles. The normalized spacial score (nSPS) is 24.1. The van der Waals surface area contributed by atoms with E-state index in [9.17, 15) is 14.7 Å². The number of rotatable bonds is 4. The highest BCUT2D eigenvalue weighted by atomic mass is 16.4. The topological polar surface area (TPSA) is 69.6 Å². The minimum absolute atomic E-state index is 0.245. The fourth-order valence-electron chi connectivity index (χ4n) is 2.28. The van der Waals surface area contributed by atoms with Gasteiger partial charge in [-0.3, -0.25) is 0 Å². The van der Waals surface area contributed by atoms with Gasteiger partial charge in [0, 0.05) is 13.1 Å². The van der Waals surface area contributed by atoms with Gasteiger partial charge in [-0.15, -0.1) is 0 Å². The van der Waals surface area contributed by atoms with Crippen LogP contribution in [-0.2, 0) is 4.79 Å². The Labute approximate surface area is 109 Å². The van der Waals surface area contributed by atoms with E-state index in [0.717, 1.165) is 12.8 Å². The van der Waals surface area contributed by atoms with Crippen LogP contribution in [0.3, 0.4) is 0 Å². The number of nitrogens with one attached hydrogen (secondary N) is 1. The minimum atomic E-state index is -0.896. The molecule has 0 bridgehead atoms. The molecule has 1 fully saturated rings. The third-order valence-electron chi connectivity index (χ3n) is 3.50. The lowest BCUT2D eigenvalue weighted by Crippen LogP contribution is -2.53. The molecule has 1 aliphatic rings. The number of amides is 2. The number of urea groups is 1. The molecule has 5 nitrogen and oxygen atoms in total. The molecule has 0 radical (unpaired) electrons. The first-order valence-corrected chi connectivity index (χ1v) is 6.73. The van der Waals surface area contributed by atoms with Crippen LogP contribution in [0.15, 0.2) is 0 Å². The van der Waals surface area contributed by atoms with Gasteiger partial charge in [0.1, 0.15) is 6.04 Å². The van der Waals surface area contributed by atoms with Gasteiger partial charge in [-0.25, -0.2) is 9.59 Å². The maximum absolute atomic E-state index is 12.0. The number of nitrogens with zero attached hydrogens (tertiary/aromatic N) is 1. The van der Waals surface area contributed by atoms with E-state index in [2.05, 4.69) is 12.2 Å². The zero-order chi connectivity index (χ0) is 13.7. The number of likely N-dealkylation sites (tertiary alicyclic amines) is 1. The molecule has 104 valence electrons. The molecule has 0 aromatic carbocycles. The third-order valence-corrected chi connectivity index (χ3v) is 3.50. The second kappa shape index (κ2) is 6.61. The minimum Gasteiger partial charge on any atom is -0.480 e. The van der Waals surface area contributed by atoms with Crippen LogP contribution in [0.2, 0.25) is 0 Å². The van der Waals surface area contributed by atoms with Crippen molar-refractivity contribution in [2.75, 3.05) is 13.1 Å². The Morgan fingerprint density at radius 3 is 2.61 bits per heavy atom. The maximum atomic E-state index is 12.0. The lowest BCUT2D eigenvalue weighted by molar-refractivity contribution is -0.144. The van der Waals surface area contributed by atoms with Gasteiger partial charge >= 0.3 is 12.0 Å². The number of carbonyl (C=O) groups is 2. The van der Waals surface area contributed by atoms with Crippen molar-refractivity contribution >= 4 is 12.0 Å². The van der Waals surface area contributed by atoms with E-state index in [0.29, 0.717) is 31.3 Å². The van der Waals surface area contributed by atoms with E-state index in [-0.39, 0.29) is 6.03 Å². The summed E-state index contributed by atoms with van der Waals surface area (Å²) in [6.07, 6.45) is 2.45. The molecule has 1 aliphatic heterocycles. The summed E-state index contributed by atoms with van der Waals surface area (Å²) in [6, 6.07) is -0.915. The van der Waals surface area contributed by atoms with Crippen LogP contribution in [-0.4, -0.2) is 41.1 Å². The highest BCUT2D eigenvalue weighted by Gasteiger charge is 2.35. The second-order valence-corrected chi connectivity index (χ2v) is 5.43. The molecular weight excluding hydrogens is 232 g/mol. The first-order valence-electron chi connectivity index (χ1n) is 6.73. The highest BCUT2D eigenvalue weighted by molar-refractivity contribution is 5.82. The smallest absolute Gasteiger partial charge is 0.326 e. The fourth-order valence-corrected chi connectivity index (χ4v) is 2.28. The van der Waals surface area contributed by atoms with Crippen molar-refractivity contribution in [1.82, 2.24) is 10.2 Å². The maximum Gasteiger partial charge on any atom is 0.326 e. The van der Waals surface area contributed by atoms with Crippen LogP contribution in [0, 0.1) is 11.8 Å². The van der Waals surface area contributed by atoms with Crippen molar-refractivity contribution in [3.8, 4) is 0 Å². The van der Waals surface area contributed by atoms with E-state index < -0.39 is 12.0 Å². The average molecular weight is 256 g/mol. The number of piperidine rings is 1. The third kappa shape index (κ3) is 3.89. The summed E-state index contributed by atoms with van der Waals surface area (Å²) in [5.41, 5.74) is 0. The van der Waals surface area contributed by atoms with Crippen molar-refractivity contribution in [3.05, 3.63) is 0 Å². The molecule has 2 amide bonds. The summed E-state index contributed by atoms with van der Waals surface area (Å²) >= 11 is 0. The van der Waals surface area contributed by atoms with Gasteiger partial charge in [0.05, 0.1) is 0 Å². The molecule has 0 spiro atoms. The molecule has 0 aromatic rings. The van der Waals surface area contributed by atoms with Crippen LogP contribution < -0.4 is 5.32 Å². The molecule has 5 heteroatoms. The molecule has 2 atom stereocenters. The van der Waals surface area contributed by atoms with Crippen molar-refractivity contribution in [2.45, 2.75) is 46.1 Å². The van der Waals surface area contributed by atoms with Crippen LogP contribution in [0.5, 0.6) is 0 Å². The van der Waals surface area contributed by atoms with Crippen molar-refractivity contribution in [2.24, 2.45) is 11.8 Å². The Morgan fingerprint density at radius 1 is 1.44 bits per heavy atom. The molecule has 1 saturated heterocycles. The van der Waals surface area contributed by atoms with E-state index in [1.54, 1.807) is 0 Å². The Hall–Kier alpha value is -1.26. The van der Waals surface area contributed by atoms with Gasteiger partial charge in [-0.05, 0) is 24.7 Å². The van der Waals surface area contributed by atoms with Crippen molar-refractivity contribution in [3.63, 3.8) is 0 Å². The van der Waals surface area contributed by atoms with Crippen LogP contribution in [0.1, 0.15) is 40.0 Å². The number of carboxylic acids is 1. The monoisotopic (exact) mass is 256 g/mol. The summed E-state index contributed by atoms with van der Waals surface area (Å²) in [5.74, 6) is -0.112. The largest absolute Gasteiger partial charge is 0.480 e. The zero-order valence-electron chi connectivity index (χ0n) is 11.5. The van der Waals surface area contributed by atoms with Crippen LogP contribution in [0.4, 0.5) is 4.79 Å². The number of carbonyl (C=O) groups excluding carboxylic acids is 1. The van der Waals surface area contributed by atoms with Gasteiger partial charge in [-0.2, -0.15) is 0 Å². The molecule has 2 N–H and O–H groups in total. The van der Waals surface area contributed by atoms with Gasteiger partial charge in [0.2, 0.25) is 0 Å². The number of hydrogen-bond donors (Lipinski definition) is 2. The number of carboxylic acid groups (broad SMARTS) is 1. The van der Waals surface area contributed by atoms with Crippen molar-refractivity contribution in [1.29, 1.82) is 0 Å². The fraction of sp³-hybridized carbons (Fsp3) is 0.846. The molecule has 2 unspecified atom stereocenters. The predicted octanol–water partition coefficient (Wildman–Crippen LogP) is 1.93. The second-order valence-electron chi connectivity index (χ2n) is 5.43. The number of hydrogen-bond acceptors (Lipinski definition) is 2. The first kappa shape index (κ1) is 14.8. The molecule has 1 rings (SSSR count). The zero-order valence-corrected chi connectivity index (χ0v) is 11.5. The van der Waals surface area contributed by atoms with E-state index in [1.165, 1.54) is 4.90 Å². The van der Waals surface area contributed by atoms with E-state index in [4.69, 9.17) is 0 Å². The summed E-state index contributed by atoms with van der Waals surface area (Å²) in [7, 11) is 0. The highest BCUT2D eigenvalue weighted by Crippen LogP contribution is 2.25. The summed E-state index contributed by atoms with van der Waals surface area (Å²) < 4.78 is 0. The molecule has 0 aromatic heterocycles. The van der Waals surface area contributed by atoms with Gasteiger partial charge in [0.25, 0.3) is 0 Å². The quantitative estimate of drug-likeness (QED) is 0.807. The van der Waals surface area contributed by atoms with Gasteiger partial charge < -0.3 is 15.3 Å². The van der Waals surface area contributed by atoms with Gasteiger partial charge in [0.15, 0.2) is 0 Å². The molecular formula is C13H24N2O3. The average Bonchev–Trinajstić information content (AvgIpc) is 2.34. The summed E-state index contributed by atoms with van der Waals surface area (Å²) in [6.45, 7) is 7.22. The van der Waals surface area contributed by atoms with E-state index >= 15 is 0 Å². The van der Waals surface area contributed by atoms with E-state index in [1.807, 2.05) is 13.8 Å². The molecule has 0 aliphatic carbocycles. The van der Waals surface area contributed by atoms with Gasteiger partial charge in [-0.1, -0.05) is 27.2 Å². The lowest BCUT2D eigenvalue weighted by atomic mass is 9.89. The SMILES string of the molecule is CCC1CCN(C(=O)NCC(C)C)C(C(=O)O)C1. The predicted molar refractivity (Wildman–Crippen MR) is 69.4 cm³/mol. The first-order chi connectivity index (χ1) is 8.45. The summed E-state index contributed by atoms with van der Waals surface area (Å²) in [4.78, 5) is 24.7. The summed E-state index contributed by atoms with van der Waals surface area (Å²) in [5, 5.41) is 12.0.